The van der Waals surface area contributed by atoms with E-state index in [0.717, 1.165) is 5.56 Å². The zero-order chi connectivity index (χ0) is 15.3. The monoisotopic (exact) mass is 277 g/mol. The number of aryl methyl sites for hydroxylation is 1. The lowest BCUT2D eigenvalue weighted by atomic mass is 10.1. The van der Waals surface area contributed by atoms with E-state index in [4.69, 9.17) is 0 Å². The molecular formula is C15H23N3O2. The average molecular weight is 277 g/mol. The fourth-order valence-electron chi connectivity index (χ4n) is 1.63. The van der Waals surface area contributed by atoms with Crippen LogP contribution in [0.15, 0.2) is 18.2 Å². The van der Waals surface area contributed by atoms with Gasteiger partial charge in [-0.2, -0.15) is 0 Å². The average Bonchev–Trinajstić information content (AvgIpc) is 2.32. The molecule has 0 radical (unpaired) electrons. The first kappa shape index (κ1) is 16.0. The van der Waals surface area contributed by atoms with Gasteiger partial charge in [-0.25, -0.2) is 4.79 Å². The van der Waals surface area contributed by atoms with Crippen molar-refractivity contribution in [3.8, 4) is 0 Å². The molecule has 0 aliphatic heterocycles. The molecule has 0 bridgehead atoms. The molecule has 20 heavy (non-hydrogen) atoms. The van der Waals surface area contributed by atoms with Gasteiger partial charge in [-0.3, -0.25) is 4.79 Å². The minimum absolute atomic E-state index is 0.0488. The van der Waals surface area contributed by atoms with Crippen LogP contribution in [-0.4, -0.2) is 18.0 Å². The SMILES string of the molecule is Cc1cccc(NC(=O)C(C)C)c1NC(=O)NC(C)C. The van der Waals surface area contributed by atoms with Gasteiger partial charge in [0.1, 0.15) is 0 Å². The summed E-state index contributed by atoms with van der Waals surface area (Å²) < 4.78 is 0. The first-order valence-corrected chi connectivity index (χ1v) is 6.79. The molecule has 0 spiro atoms. The molecule has 0 saturated heterocycles. The van der Waals surface area contributed by atoms with E-state index in [1.807, 2.05) is 46.8 Å². The van der Waals surface area contributed by atoms with Crippen molar-refractivity contribution < 1.29 is 9.59 Å². The molecule has 0 fully saturated rings. The number of urea groups is 1. The molecule has 0 unspecified atom stereocenters. The van der Waals surface area contributed by atoms with Gasteiger partial charge in [-0.05, 0) is 32.4 Å². The molecule has 5 nitrogen and oxygen atoms in total. The van der Waals surface area contributed by atoms with Crippen LogP contribution < -0.4 is 16.0 Å². The summed E-state index contributed by atoms with van der Waals surface area (Å²) in [7, 11) is 0. The summed E-state index contributed by atoms with van der Waals surface area (Å²) in [5.41, 5.74) is 2.13. The molecule has 110 valence electrons. The van der Waals surface area contributed by atoms with Gasteiger partial charge in [-0.1, -0.05) is 26.0 Å². The molecule has 0 aliphatic carbocycles. The van der Waals surface area contributed by atoms with Gasteiger partial charge >= 0.3 is 6.03 Å². The number of amides is 3. The maximum absolute atomic E-state index is 11.8. The van der Waals surface area contributed by atoms with Gasteiger partial charge in [-0.15, -0.1) is 0 Å². The maximum Gasteiger partial charge on any atom is 0.319 e. The van der Waals surface area contributed by atoms with E-state index in [9.17, 15) is 9.59 Å². The Bertz CT molecular complexity index is 496. The lowest BCUT2D eigenvalue weighted by molar-refractivity contribution is -0.118. The van der Waals surface area contributed by atoms with E-state index < -0.39 is 0 Å². The van der Waals surface area contributed by atoms with Crippen molar-refractivity contribution >= 4 is 23.3 Å². The lowest BCUT2D eigenvalue weighted by Crippen LogP contribution is -2.34. The fourth-order valence-corrected chi connectivity index (χ4v) is 1.63. The zero-order valence-electron chi connectivity index (χ0n) is 12.7. The summed E-state index contributed by atoms with van der Waals surface area (Å²) in [6, 6.07) is 5.27. The molecule has 0 atom stereocenters. The van der Waals surface area contributed by atoms with Gasteiger partial charge < -0.3 is 16.0 Å². The molecule has 0 heterocycles. The third kappa shape index (κ3) is 4.57. The van der Waals surface area contributed by atoms with E-state index >= 15 is 0 Å². The van der Waals surface area contributed by atoms with Crippen molar-refractivity contribution in [1.29, 1.82) is 0 Å². The number of anilines is 2. The van der Waals surface area contributed by atoms with Crippen LogP contribution in [0.2, 0.25) is 0 Å². The van der Waals surface area contributed by atoms with Crippen LogP contribution in [0, 0.1) is 12.8 Å². The van der Waals surface area contributed by atoms with E-state index in [1.165, 1.54) is 0 Å². The third-order valence-corrected chi connectivity index (χ3v) is 2.71. The summed E-state index contributed by atoms with van der Waals surface area (Å²) in [5.74, 6) is -0.198. The second kappa shape index (κ2) is 6.93. The van der Waals surface area contributed by atoms with Crippen LogP contribution in [0.1, 0.15) is 33.3 Å². The van der Waals surface area contributed by atoms with Gasteiger partial charge in [0.15, 0.2) is 0 Å². The van der Waals surface area contributed by atoms with Crippen molar-refractivity contribution in [1.82, 2.24) is 5.32 Å². The summed E-state index contributed by atoms with van der Waals surface area (Å²) in [4.78, 5) is 23.6. The van der Waals surface area contributed by atoms with Crippen molar-refractivity contribution in [2.75, 3.05) is 10.6 Å². The molecule has 3 N–H and O–H groups in total. The summed E-state index contributed by atoms with van der Waals surface area (Å²) in [6.07, 6.45) is 0. The second-order valence-corrected chi connectivity index (χ2v) is 5.39. The van der Waals surface area contributed by atoms with E-state index in [1.54, 1.807) is 6.07 Å². The fraction of sp³-hybridized carbons (Fsp3) is 0.467. The number of hydrogen-bond acceptors (Lipinski definition) is 2. The molecule has 3 amide bonds. The van der Waals surface area contributed by atoms with Gasteiger partial charge in [0.25, 0.3) is 0 Å². The molecule has 0 saturated carbocycles. The number of rotatable bonds is 4. The molecule has 1 aromatic rings. The van der Waals surface area contributed by atoms with Gasteiger partial charge in [0.2, 0.25) is 5.91 Å². The standard InChI is InChI=1S/C15H23N3O2/c1-9(2)14(19)17-12-8-6-7-11(5)13(12)18-15(20)16-10(3)4/h6-10H,1-5H3,(H,17,19)(H2,16,18,20). The van der Waals surface area contributed by atoms with Crippen molar-refractivity contribution in [2.45, 2.75) is 40.7 Å². The van der Waals surface area contributed by atoms with E-state index in [-0.39, 0.29) is 23.9 Å². The Hall–Kier alpha value is -2.04. The Kier molecular flexibility index (Phi) is 5.55. The quantitative estimate of drug-likeness (QED) is 0.791. The highest BCUT2D eigenvalue weighted by Gasteiger charge is 2.13. The van der Waals surface area contributed by atoms with E-state index in [0.29, 0.717) is 11.4 Å². The van der Waals surface area contributed by atoms with Crippen LogP contribution in [-0.2, 0) is 4.79 Å². The Morgan fingerprint density at radius 1 is 1.05 bits per heavy atom. The summed E-state index contributed by atoms with van der Waals surface area (Å²) in [5, 5.41) is 8.38. The van der Waals surface area contributed by atoms with Crippen LogP contribution >= 0.6 is 0 Å². The van der Waals surface area contributed by atoms with Crippen molar-refractivity contribution in [3.63, 3.8) is 0 Å². The number of benzene rings is 1. The Labute approximate surface area is 120 Å². The summed E-state index contributed by atoms with van der Waals surface area (Å²) in [6.45, 7) is 9.31. The molecule has 0 aromatic heterocycles. The largest absolute Gasteiger partial charge is 0.336 e. The molecule has 5 heteroatoms. The molecule has 1 rings (SSSR count). The molecular weight excluding hydrogens is 254 g/mol. The van der Waals surface area contributed by atoms with Crippen LogP contribution in [0.25, 0.3) is 0 Å². The number of carbonyl (C=O) groups excluding carboxylic acids is 2. The van der Waals surface area contributed by atoms with E-state index in [2.05, 4.69) is 16.0 Å². The van der Waals surface area contributed by atoms with Crippen LogP contribution in [0.5, 0.6) is 0 Å². The Morgan fingerprint density at radius 3 is 2.25 bits per heavy atom. The molecule has 1 aromatic carbocycles. The van der Waals surface area contributed by atoms with Crippen LogP contribution in [0.3, 0.4) is 0 Å². The first-order chi connectivity index (χ1) is 9.31. The van der Waals surface area contributed by atoms with Gasteiger partial charge in [0.05, 0.1) is 11.4 Å². The Balaban J connectivity index is 2.94. The summed E-state index contributed by atoms with van der Waals surface area (Å²) >= 11 is 0. The number of hydrogen-bond donors (Lipinski definition) is 3. The maximum atomic E-state index is 11.8. The predicted molar refractivity (Wildman–Crippen MR) is 81.9 cm³/mol. The zero-order valence-corrected chi connectivity index (χ0v) is 12.7. The second-order valence-electron chi connectivity index (χ2n) is 5.39. The van der Waals surface area contributed by atoms with Gasteiger partial charge in [0, 0.05) is 12.0 Å². The Morgan fingerprint density at radius 2 is 1.70 bits per heavy atom. The predicted octanol–water partition coefficient (Wildman–Crippen LogP) is 3.12. The lowest BCUT2D eigenvalue weighted by Gasteiger charge is -2.17. The first-order valence-electron chi connectivity index (χ1n) is 6.79. The highest BCUT2D eigenvalue weighted by molar-refractivity contribution is 6.00. The highest BCUT2D eigenvalue weighted by atomic mass is 16.2. The minimum Gasteiger partial charge on any atom is -0.336 e. The smallest absolute Gasteiger partial charge is 0.319 e. The number of para-hydroxylation sites is 1. The highest BCUT2D eigenvalue weighted by Crippen LogP contribution is 2.26. The topological polar surface area (TPSA) is 70.2 Å². The molecule has 0 aliphatic rings. The van der Waals surface area contributed by atoms with Crippen molar-refractivity contribution in [2.24, 2.45) is 5.92 Å². The number of carbonyl (C=O) groups is 2. The van der Waals surface area contributed by atoms with Crippen LogP contribution in [0.4, 0.5) is 16.2 Å². The number of nitrogens with one attached hydrogen (secondary N) is 3. The minimum atomic E-state index is -0.283. The normalized spacial score (nSPS) is 10.6. The third-order valence-electron chi connectivity index (χ3n) is 2.71. The van der Waals surface area contributed by atoms with Crippen molar-refractivity contribution in [3.05, 3.63) is 23.8 Å².